The Labute approximate surface area is 198 Å². The Bertz CT molecular complexity index is 1340. The van der Waals surface area contributed by atoms with Gasteiger partial charge in [0, 0.05) is 37.1 Å². The average molecular weight is 483 g/mol. The van der Waals surface area contributed by atoms with Crippen LogP contribution in [-0.2, 0) is 22.0 Å². The number of aromatic nitrogens is 3. The number of carbonyl (C=O) groups excluding carboxylic acids is 1. The Hall–Kier alpha value is -3.57. The Morgan fingerprint density at radius 2 is 1.97 bits per heavy atom. The number of anilines is 3. The van der Waals surface area contributed by atoms with Gasteiger partial charge in [0.25, 0.3) is 5.91 Å². The third kappa shape index (κ3) is 4.85. The van der Waals surface area contributed by atoms with Gasteiger partial charge in [-0.05, 0) is 35.9 Å². The highest BCUT2D eigenvalue weighted by Crippen LogP contribution is 2.43. The molecule has 0 unspecified atom stereocenters. The van der Waals surface area contributed by atoms with Crippen molar-refractivity contribution >= 4 is 39.1 Å². The number of carbonyl (C=O) groups is 1. The highest BCUT2D eigenvalue weighted by Gasteiger charge is 2.39. The number of hydrogen-bond donors (Lipinski definition) is 3. The van der Waals surface area contributed by atoms with E-state index in [0.29, 0.717) is 41.8 Å². The fourth-order valence-corrected chi connectivity index (χ4v) is 5.08. The molecular weight excluding hydrogens is 454 g/mol. The Morgan fingerprint density at radius 1 is 1.18 bits per heavy atom. The van der Waals surface area contributed by atoms with Gasteiger partial charge in [-0.3, -0.25) is 14.4 Å². The first-order valence-corrected chi connectivity index (χ1v) is 12.6. The molecule has 0 saturated carbocycles. The predicted octanol–water partition coefficient (Wildman–Crippen LogP) is 1.62. The van der Waals surface area contributed by atoms with Gasteiger partial charge in [0.15, 0.2) is 0 Å². The summed E-state index contributed by atoms with van der Waals surface area (Å²) in [5.41, 5.74) is 2.91. The lowest BCUT2D eigenvalue weighted by Crippen LogP contribution is -2.77. The van der Waals surface area contributed by atoms with Crippen molar-refractivity contribution in [3.05, 3.63) is 65.6 Å². The summed E-state index contributed by atoms with van der Waals surface area (Å²) >= 11 is 0. The SMILES string of the molecule is CNc1nccc(C[NH2+]c2ncccc2C(=O)Nc2ccc3c(c2)N(S(C)(=O)=O)CC3(C)C)n1. The number of hydrogen-bond acceptors (Lipinski definition) is 7. The number of nitrogens with zero attached hydrogens (tertiary/aromatic N) is 4. The predicted molar refractivity (Wildman–Crippen MR) is 131 cm³/mol. The molecule has 34 heavy (non-hydrogen) atoms. The van der Waals surface area contributed by atoms with Crippen molar-refractivity contribution in [2.75, 3.05) is 34.8 Å². The first kappa shape index (κ1) is 23.6. The minimum absolute atomic E-state index is 0.319. The lowest BCUT2D eigenvalue weighted by atomic mass is 9.87. The maximum atomic E-state index is 13.1. The van der Waals surface area contributed by atoms with E-state index >= 15 is 0 Å². The molecule has 0 spiro atoms. The van der Waals surface area contributed by atoms with Gasteiger partial charge in [-0.2, -0.15) is 0 Å². The van der Waals surface area contributed by atoms with E-state index in [2.05, 4.69) is 25.6 Å². The number of rotatable bonds is 7. The van der Waals surface area contributed by atoms with E-state index in [1.54, 1.807) is 49.8 Å². The zero-order valence-corrected chi connectivity index (χ0v) is 20.3. The number of nitrogens with two attached hydrogens (primary N) is 1. The van der Waals surface area contributed by atoms with Crippen LogP contribution >= 0.6 is 0 Å². The molecule has 10 nitrogen and oxygen atoms in total. The van der Waals surface area contributed by atoms with E-state index in [-0.39, 0.29) is 11.3 Å². The molecule has 0 fully saturated rings. The molecule has 1 aliphatic rings. The maximum Gasteiger partial charge on any atom is 0.263 e. The second-order valence-electron chi connectivity index (χ2n) is 8.81. The van der Waals surface area contributed by atoms with Crippen LogP contribution in [0.25, 0.3) is 0 Å². The molecule has 3 heterocycles. The smallest absolute Gasteiger partial charge is 0.263 e. The maximum absolute atomic E-state index is 13.1. The van der Waals surface area contributed by atoms with Gasteiger partial charge in [-0.15, -0.1) is 0 Å². The van der Waals surface area contributed by atoms with Crippen LogP contribution in [-0.4, -0.2) is 49.1 Å². The largest absolute Gasteiger partial charge is 0.357 e. The summed E-state index contributed by atoms with van der Waals surface area (Å²) in [6, 6.07) is 10.6. The topological polar surface area (TPSA) is 134 Å². The number of benzene rings is 1. The third-order valence-corrected chi connectivity index (χ3v) is 6.84. The first-order chi connectivity index (χ1) is 16.1. The molecule has 3 aromatic rings. The second kappa shape index (κ2) is 8.99. The van der Waals surface area contributed by atoms with Gasteiger partial charge in [0.05, 0.1) is 11.9 Å². The van der Waals surface area contributed by atoms with Crippen molar-refractivity contribution in [1.82, 2.24) is 15.0 Å². The van der Waals surface area contributed by atoms with Crippen LogP contribution in [0.4, 0.5) is 23.1 Å². The lowest BCUT2D eigenvalue weighted by Gasteiger charge is -2.20. The standard InChI is InChI=1S/C23H27N7O3S/c1-23(2)14-30(34(4,32)33)19-12-15(7-8-18(19)23)28-21(31)17-6-5-10-25-20(17)27-13-16-9-11-26-22(24-3)29-16/h5-12H,13-14H2,1-4H3,(H,25,27)(H,28,31)(H,24,26,29)/p+1. The molecule has 1 aromatic carbocycles. The molecular formula is C23H28N7O3S+. The zero-order valence-electron chi connectivity index (χ0n) is 19.5. The molecule has 0 bridgehead atoms. The summed E-state index contributed by atoms with van der Waals surface area (Å²) in [5, 5.41) is 7.63. The molecule has 178 valence electrons. The molecule has 0 radical (unpaired) electrons. The highest BCUT2D eigenvalue weighted by molar-refractivity contribution is 7.92. The van der Waals surface area contributed by atoms with E-state index in [1.807, 2.05) is 25.2 Å². The first-order valence-electron chi connectivity index (χ1n) is 10.8. The van der Waals surface area contributed by atoms with E-state index in [9.17, 15) is 13.2 Å². The third-order valence-electron chi connectivity index (χ3n) is 5.72. The summed E-state index contributed by atoms with van der Waals surface area (Å²) < 4.78 is 26.0. The lowest BCUT2D eigenvalue weighted by molar-refractivity contribution is -0.592. The summed E-state index contributed by atoms with van der Waals surface area (Å²) in [4.78, 5) is 26.0. The van der Waals surface area contributed by atoms with Crippen LogP contribution in [0.3, 0.4) is 0 Å². The van der Waals surface area contributed by atoms with E-state index in [4.69, 9.17) is 0 Å². The monoisotopic (exact) mass is 482 g/mol. The highest BCUT2D eigenvalue weighted by atomic mass is 32.2. The van der Waals surface area contributed by atoms with E-state index in [0.717, 1.165) is 11.3 Å². The van der Waals surface area contributed by atoms with E-state index < -0.39 is 10.0 Å². The van der Waals surface area contributed by atoms with Crippen LogP contribution < -0.4 is 20.3 Å². The number of amides is 1. The number of nitrogens with one attached hydrogen (secondary N) is 2. The number of pyridine rings is 1. The van der Waals surface area contributed by atoms with Crippen molar-refractivity contribution in [2.45, 2.75) is 25.8 Å². The minimum atomic E-state index is -3.44. The zero-order chi connectivity index (χ0) is 24.5. The summed E-state index contributed by atoms with van der Waals surface area (Å²) in [5.74, 6) is 0.721. The fraction of sp³-hybridized carbons (Fsp3) is 0.304. The van der Waals surface area contributed by atoms with Crippen molar-refractivity contribution in [3.8, 4) is 0 Å². The summed E-state index contributed by atoms with van der Waals surface area (Å²) in [6.45, 7) is 4.85. The second-order valence-corrected chi connectivity index (χ2v) is 10.7. The van der Waals surface area contributed by atoms with Crippen LogP contribution in [0.15, 0.2) is 48.8 Å². The molecule has 1 amide bonds. The Balaban J connectivity index is 1.55. The van der Waals surface area contributed by atoms with Crippen LogP contribution in [0.1, 0.15) is 35.5 Å². The molecule has 0 aliphatic carbocycles. The van der Waals surface area contributed by atoms with E-state index in [1.165, 1.54) is 10.6 Å². The summed E-state index contributed by atoms with van der Waals surface area (Å²) in [6.07, 6.45) is 4.49. The molecule has 2 aromatic heterocycles. The molecule has 4 N–H and O–H groups in total. The number of fused-ring (bicyclic) bond motifs is 1. The average Bonchev–Trinajstić information content (AvgIpc) is 3.08. The van der Waals surface area contributed by atoms with Crippen LogP contribution in [0, 0.1) is 0 Å². The number of sulfonamides is 1. The molecule has 4 rings (SSSR count). The normalized spacial score (nSPS) is 14.5. The Kier molecular flexibility index (Phi) is 6.24. The summed E-state index contributed by atoms with van der Waals surface area (Å²) in [7, 11) is -1.69. The van der Waals surface area contributed by atoms with Crippen molar-refractivity contribution in [2.24, 2.45) is 0 Å². The van der Waals surface area contributed by atoms with Crippen molar-refractivity contribution in [1.29, 1.82) is 0 Å². The van der Waals surface area contributed by atoms with Gasteiger partial charge in [-0.1, -0.05) is 19.9 Å². The van der Waals surface area contributed by atoms with Gasteiger partial charge in [-0.25, -0.2) is 23.4 Å². The molecule has 1 aliphatic heterocycles. The van der Waals surface area contributed by atoms with Gasteiger partial charge in [0.2, 0.25) is 21.8 Å². The van der Waals surface area contributed by atoms with Gasteiger partial charge in [0.1, 0.15) is 17.8 Å². The van der Waals surface area contributed by atoms with Crippen molar-refractivity contribution < 1.29 is 18.5 Å². The minimum Gasteiger partial charge on any atom is -0.357 e. The molecule has 0 saturated heterocycles. The van der Waals surface area contributed by atoms with Crippen molar-refractivity contribution in [3.63, 3.8) is 0 Å². The molecule has 0 atom stereocenters. The quantitative estimate of drug-likeness (QED) is 0.466. The Morgan fingerprint density at radius 3 is 2.71 bits per heavy atom. The van der Waals surface area contributed by atoms with Crippen LogP contribution in [0.5, 0.6) is 0 Å². The van der Waals surface area contributed by atoms with Gasteiger partial charge < -0.3 is 10.6 Å². The van der Waals surface area contributed by atoms with Gasteiger partial charge >= 0.3 is 0 Å². The molecule has 11 heteroatoms. The van der Waals surface area contributed by atoms with Crippen LogP contribution in [0.2, 0.25) is 0 Å². The fourth-order valence-electron chi connectivity index (χ4n) is 4.02. The number of quaternary nitrogens is 1.